The normalized spacial score (nSPS) is 20.2. The Labute approximate surface area is 108 Å². The van der Waals surface area contributed by atoms with Gasteiger partial charge in [0.2, 0.25) is 0 Å². The van der Waals surface area contributed by atoms with Gasteiger partial charge < -0.3 is 15.5 Å². The van der Waals surface area contributed by atoms with E-state index >= 15 is 0 Å². The minimum atomic E-state index is 0.0971. The number of nitrogens with two attached hydrogens (primary N) is 1. The molecule has 5 nitrogen and oxygen atoms in total. The first-order valence-corrected chi connectivity index (χ1v) is 6.30. The van der Waals surface area contributed by atoms with Gasteiger partial charge in [-0.05, 0) is 39.1 Å². The number of nitrogens with one attached hydrogen (secondary N) is 1. The number of rotatable bonds is 3. The molecule has 0 aromatic carbocycles. The van der Waals surface area contributed by atoms with E-state index in [-0.39, 0.29) is 5.84 Å². The molecule has 0 aliphatic carbocycles. The van der Waals surface area contributed by atoms with E-state index in [1.165, 1.54) is 12.8 Å². The van der Waals surface area contributed by atoms with Gasteiger partial charge >= 0.3 is 0 Å². The molecule has 2 heterocycles. The van der Waals surface area contributed by atoms with Crippen LogP contribution in [0.2, 0.25) is 0 Å². The van der Waals surface area contributed by atoms with Crippen LogP contribution in [0.4, 0.5) is 5.82 Å². The molecule has 1 aromatic heterocycles. The quantitative estimate of drug-likeness (QED) is 0.615. The highest BCUT2D eigenvalue weighted by atomic mass is 15.2. The van der Waals surface area contributed by atoms with Crippen molar-refractivity contribution in [3.05, 3.63) is 23.9 Å². The lowest BCUT2D eigenvalue weighted by atomic mass is 10.0. The summed E-state index contributed by atoms with van der Waals surface area (Å²) in [7, 11) is 4.24. The summed E-state index contributed by atoms with van der Waals surface area (Å²) in [5.74, 6) is 1.02. The Balaban J connectivity index is 2.15. The molecule has 1 aliphatic rings. The lowest BCUT2D eigenvalue weighted by molar-refractivity contribution is 0.257. The average molecular weight is 247 g/mol. The Kier molecular flexibility index (Phi) is 3.81. The summed E-state index contributed by atoms with van der Waals surface area (Å²) in [5, 5.41) is 7.48. The molecule has 1 atom stereocenters. The molecule has 0 radical (unpaired) electrons. The zero-order valence-electron chi connectivity index (χ0n) is 11.1. The van der Waals surface area contributed by atoms with Crippen LogP contribution >= 0.6 is 0 Å². The van der Waals surface area contributed by atoms with E-state index in [1.54, 1.807) is 12.3 Å². The van der Waals surface area contributed by atoms with Crippen LogP contribution in [0.15, 0.2) is 18.3 Å². The lowest BCUT2D eigenvalue weighted by Gasteiger charge is -2.36. The Bertz CT molecular complexity index is 429. The highest BCUT2D eigenvalue weighted by Crippen LogP contribution is 2.20. The highest BCUT2D eigenvalue weighted by molar-refractivity contribution is 5.95. The molecule has 5 heteroatoms. The summed E-state index contributed by atoms with van der Waals surface area (Å²) < 4.78 is 0. The molecule has 1 fully saturated rings. The number of amidine groups is 1. The van der Waals surface area contributed by atoms with Crippen LogP contribution in [-0.2, 0) is 0 Å². The number of likely N-dealkylation sites (N-methyl/N-ethyl adjacent to an activating group) is 1. The molecule has 1 aromatic rings. The second-order valence-corrected chi connectivity index (χ2v) is 5.02. The summed E-state index contributed by atoms with van der Waals surface area (Å²) >= 11 is 0. The molecule has 2 rings (SSSR count). The molecular weight excluding hydrogens is 226 g/mol. The van der Waals surface area contributed by atoms with Crippen LogP contribution in [-0.4, -0.2) is 48.9 Å². The smallest absolute Gasteiger partial charge is 0.129 e. The topological polar surface area (TPSA) is 69.2 Å². The van der Waals surface area contributed by atoms with E-state index in [0.29, 0.717) is 6.04 Å². The van der Waals surface area contributed by atoms with E-state index in [4.69, 9.17) is 11.1 Å². The average Bonchev–Trinajstić information content (AvgIpc) is 2.39. The molecule has 1 saturated heterocycles. The third kappa shape index (κ3) is 2.79. The van der Waals surface area contributed by atoms with Crippen molar-refractivity contribution in [3.63, 3.8) is 0 Å². The Morgan fingerprint density at radius 1 is 1.56 bits per heavy atom. The van der Waals surface area contributed by atoms with Gasteiger partial charge in [-0.25, -0.2) is 4.98 Å². The van der Waals surface area contributed by atoms with Gasteiger partial charge in [0.05, 0.1) is 0 Å². The van der Waals surface area contributed by atoms with E-state index in [1.807, 2.05) is 6.07 Å². The van der Waals surface area contributed by atoms with E-state index in [0.717, 1.165) is 24.5 Å². The fourth-order valence-corrected chi connectivity index (χ4v) is 2.34. The maximum absolute atomic E-state index is 7.48. The largest absolute Gasteiger partial charge is 0.384 e. The maximum atomic E-state index is 7.48. The monoisotopic (exact) mass is 247 g/mol. The van der Waals surface area contributed by atoms with Crippen LogP contribution in [0, 0.1) is 5.41 Å². The van der Waals surface area contributed by atoms with Gasteiger partial charge in [-0.2, -0.15) is 0 Å². The second kappa shape index (κ2) is 5.35. The second-order valence-electron chi connectivity index (χ2n) is 5.02. The SMILES string of the molecule is CN(C)C1CCCN(c2cc(C(=N)N)ccn2)C1. The first-order chi connectivity index (χ1) is 8.58. The van der Waals surface area contributed by atoms with Crippen molar-refractivity contribution in [1.29, 1.82) is 5.41 Å². The summed E-state index contributed by atoms with van der Waals surface area (Å²) in [5.41, 5.74) is 6.26. The fraction of sp³-hybridized carbons (Fsp3) is 0.538. The van der Waals surface area contributed by atoms with Gasteiger partial charge in [0, 0.05) is 30.9 Å². The predicted molar refractivity (Wildman–Crippen MR) is 74.2 cm³/mol. The minimum absolute atomic E-state index is 0.0971. The summed E-state index contributed by atoms with van der Waals surface area (Å²) in [6.07, 6.45) is 4.13. The number of nitrogens with zero attached hydrogens (tertiary/aromatic N) is 3. The lowest BCUT2D eigenvalue weighted by Crippen LogP contribution is -2.45. The van der Waals surface area contributed by atoms with Crippen molar-refractivity contribution in [2.45, 2.75) is 18.9 Å². The van der Waals surface area contributed by atoms with Crippen molar-refractivity contribution >= 4 is 11.7 Å². The molecule has 98 valence electrons. The Morgan fingerprint density at radius 3 is 3.00 bits per heavy atom. The number of anilines is 1. The Morgan fingerprint density at radius 2 is 2.33 bits per heavy atom. The molecule has 0 bridgehead atoms. The van der Waals surface area contributed by atoms with Gasteiger partial charge in [-0.15, -0.1) is 0 Å². The fourth-order valence-electron chi connectivity index (χ4n) is 2.34. The van der Waals surface area contributed by atoms with E-state index in [9.17, 15) is 0 Å². The van der Waals surface area contributed by atoms with Crippen LogP contribution in [0.25, 0.3) is 0 Å². The molecule has 0 saturated carbocycles. The highest BCUT2D eigenvalue weighted by Gasteiger charge is 2.22. The van der Waals surface area contributed by atoms with Gasteiger partial charge in [0.15, 0.2) is 0 Å². The molecule has 1 aliphatic heterocycles. The van der Waals surface area contributed by atoms with Crippen molar-refractivity contribution in [3.8, 4) is 0 Å². The minimum Gasteiger partial charge on any atom is -0.384 e. The number of nitrogen functional groups attached to an aromatic ring is 1. The summed E-state index contributed by atoms with van der Waals surface area (Å²) in [4.78, 5) is 8.94. The molecule has 3 N–H and O–H groups in total. The number of piperidine rings is 1. The number of hydrogen-bond acceptors (Lipinski definition) is 4. The molecule has 18 heavy (non-hydrogen) atoms. The number of hydrogen-bond donors (Lipinski definition) is 2. The Hall–Kier alpha value is -1.62. The van der Waals surface area contributed by atoms with Crippen molar-refractivity contribution in [2.24, 2.45) is 5.73 Å². The zero-order valence-corrected chi connectivity index (χ0v) is 11.1. The molecular formula is C13H21N5. The van der Waals surface area contributed by atoms with Gasteiger partial charge in [-0.3, -0.25) is 5.41 Å². The first-order valence-electron chi connectivity index (χ1n) is 6.30. The molecule has 0 amide bonds. The third-order valence-corrected chi connectivity index (χ3v) is 3.51. The van der Waals surface area contributed by atoms with Crippen molar-refractivity contribution in [2.75, 3.05) is 32.1 Å². The maximum Gasteiger partial charge on any atom is 0.129 e. The van der Waals surface area contributed by atoms with Gasteiger partial charge in [0.25, 0.3) is 0 Å². The van der Waals surface area contributed by atoms with Crippen molar-refractivity contribution < 1.29 is 0 Å². The summed E-state index contributed by atoms with van der Waals surface area (Å²) in [6.45, 7) is 2.01. The van der Waals surface area contributed by atoms with E-state index in [2.05, 4.69) is 28.9 Å². The zero-order chi connectivity index (χ0) is 13.1. The van der Waals surface area contributed by atoms with Gasteiger partial charge in [0.1, 0.15) is 11.7 Å². The van der Waals surface area contributed by atoms with Gasteiger partial charge in [-0.1, -0.05) is 0 Å². The van der Waals surface area contributed by atoms with Crippen LogP contribution in [0.3, 0.4) is 0 Å². The predicted octanol–water partition coefficient (Wildman–Crippen LogP) is 0.896. The third-order valence-electron chi connectivity index (χ3n) is 3.51. The molecule has 1 unspecified atom stereocenters. The molecule has 0 spiro atoms. The standard InChI is InChI=1S/C13H21N5/c1-17(2)11-4-3-7-18(9-11)12-8-10(13(14)15)5-6-16-12/h5-6,8,11H,3-4,7,9H2,1-2H3,(H3,14,15). The number of aromatic nitrogens is 1. The first kappa shape index (κ1) is 12.8. The number of pyridine rings is 1. The van der Waals surface area contributed by atoms with E-state index < -0.39 is 0 Å². The van der Waals surface area contributed by atoms with Crippen LogP contribution < -0.4 is 10.6 Å². The van der Waals surface area contributed by atoms with Crippen LogP contribution in [0.5, 0.6) is 0 Å². The van der Waals surface area contributed by atoms with Crippen LogP contribution in [0.1, 0.15) is 18.4 Å². The summed E-state index contributed by atoms with van der Waals surface area (Å²) in [6, 6.07) is 4.25. The van der Waals surface area contributed by atoms with Crippen molar-refractivity contribution in [1.82, 2.24) is 9.88 Å².